The lowest BCUT2D eigenvalue weighted by molar-refractivity contribution is 0.0939. The summed E-state index contributed by atoms with van der Waals surface area (Å²) in [5.74, 6) is -0.383. The molecule has 0 saturated carbocycles. The van der Waals surface area contributed by atoms with Crippen molar-refractivity contribution in [3.63, 3.8) is 0 Å². The summed E-state index contributed by atoms with van der Waals surface area (Å²) in [6.07, 6.45) is 0. The molecule has 33 heavy (non-hydrogen) atoms. The van der Waals surface area contributed by atoms with Crippen LogP contribution in [0.3, 0.4) is 0 Å². The summed E-state index contributed by atoms with van der Waals surface area (Å²) in [5.41, 5.74) is 3.76. The molecular formula is C26H29ClN2O3S. The predicted molar refractivity (Wildman–Crippen MR) is 134 cm³/mol. The molecule has 7 heteroatoms. The first-order chi connectivity index (χ1) is 15.4. The molecule has 0 aliphatic rings. The van der Waals surface area contributed by atoms with Gasteiger partial charge in [-0.1, -0.05) is 68.8 Å². The maximum absolute atomic E-state index is 12.9. The number of sulfonamides is 1. The largest absolute Gasteiger partial charge is 0.346 e. The number of halogens is 1. The van der Waals surface area contributed by atoms with Gasteiger partial charge in [-0.05, 0) is 66.3 Å². The first-order valence-corrected chi connectivity index (χ1v) is 12.5. The monoisotopic (exact) mass is 484 g/mol. The van der Waals surface area contributed by atoms with Crippen LogP contribution in [0.4, 0.5) is 5.69 Å². The molecule has 0 radical (unpaired) electrons. The standard InChI is InChI=1S/C26H29ClN2O3S/c1-17-7-6-8-22(15-17)29-33(31,32)24-16-20(11-14-23(24)27)25(30)28-18(2)19-9-12-21(13-10-19)26(3,4)5/h6-16,18,29H,1-5H3,(H,28,30)/t18-/m1/s1. The number of nitrogens with one attached hydrogen (secondary N) is 2. The van der Waals surface area contributed by atoms with Crippen LogP contribution >= 0.6 is 11.6 Å². The van der Waals surface area contributed by atoms with Crippen molar-refractivity contribution >= 4 is 33.2 Å². The highest BCUT2D eigenvalue weighted by molar-refractivity contribution is 7.92. The van der Waals surface area contributed by atoms with Gasteiger partial charge in [0.2, 0.25) is 0 Å². The second-order valence-electron chi connectivity index (χ2n) is 9.19. The van der Waals surface area contributed by atoms with Crippen LogP contribution in [-0.2, 0) is 15.4 Å². The number of carbonyl (C=O) groups is 1. The maximum atomic E-state index is 12.9. The Hall–Kier alpha value is -2.83. The van der Waals surface area contributed by atoms with Crippen LogP contribution in [0.25, 0.3) is 0 Å². The van der Waals surface area contributed by atoms with E-state index < -0.39 is 10.0 Å². The average Bonchev–Trinajstić information content (AvgIpc) is 2.73. The fraction of sp³-hybridized carbons (Fsp3) is 0.269. The van der Waals surface area contributed by atoms with Gasteiger partial charge in [-0.15, -0.1) is 0 Å². The molecule has 1 atom stereocenters. The van der Waals surface area contributed by atoms with Gasteiger partial charge < -0.3 is 5.32 Å². The number of hydrogen-bond donors (Lipinski definition) is 2. The normalized spacial score (nSPS) is 12.8. The Morgan fingerprint density at radius 2 is 1.64 bits per heavy atom. The highest BCUT2D eigenvalue weighted by Crippen LogP contribution is 2.27. The van der Waals surface area contributed by atoms with Crippen LogP contribution in [0, 0.1) is 6.92 Å². The lowest BCUT2D eigenvalue weighted by Crippen LogP contribution is -2.27. The van der Waals surface area contributed by atoms with E-state index in [0.717, 1.165) is 11.1 Å². The van der Waals surface area contributed by atoms with Crippen LogP contribution in [0.2, 0.25) is 5.02 Å². The number of benzene rings is 3. The van der Waals surface area contributed by atoms with Crippen LogP contribution in [0.1, 0.15) is 60.8 Å². The van der Waals surface area contributed by atoms with Crippen LogP contribution < -0.4 is 10.0 Å². The van der Waals surface area contributed by atoms with Crippen molar-refractivity contribution < 1.29 is 13.2 Å². The molecule has 0 aromatic heterocycles. The molecule has 174 valence electrons. The average molecular weight is 485 g/mol. The zero-order chi connectivity index (χ0) is 24.4. The maximum Gasteiger partial charge on any atom is 0.263 e. The zero-order valence-electron chi connectivity index (χ0n) is 19.4. The summed E-state index contributed by atoms with van der Waals surface area (Å²) in [4.78, 5) is 12.7. The Bertz CT molecular complexity index is 1260. The summed E-state index contributed by atoms with van der Waals surface area (Å²) >= 11 is 6.19. The van der Waals surface area contributed by atoms with E-state index in [-0.39, 0.29) is 32.8 Å². The summed E-state index contributed by atoms with van der Waals surface area (Å²) in [5, 5.41) is 2.97. The summed E-state index contributed by atoms with van der Waals surface area (Å²) in [6, 6.07) is 19.1. The van der Waals surface area contributed by atoms with Crippen molar-refractivity contribution in [2.75, 3.05) is 4.72 Å². The highest BCUT2D eigenvalue weighted by atomic mass is 35.5. The molecule has 0 spiro atoms. The van der Waals surface area contributed by atoms with Gasteiger partial charge >= 0.3 is 0 Å². The Labute approximate surface area is 201 Å². The molecule has 3 rings (SSSR count). The van der Waals surface area contributed by atoms with Gasteiger partial charge in [-0.25, -0.2) is 8.42 Å². The van der Waals surface area contributed by atoms with E-state index in [1.54, 1.807) is 18.2 Å². The molecule has 1 amide bonds. The first-order valence-electron chi connectivity index (χ1n) is 10.7. The number of carbonyl (C=O) groups excluding carboxylic acids is 1. The van der Waals surface area contributed by atoms with Gasteiger partial charge in [0.05, 0.1) is 11.1 Å². The molecule has 0 unspecified atom stereocenters. The fourth-order valence-electron chi connectivity index (χ4n) is 3.40. The molecule has 0 saturated heterocycles. The van der Waals surface area contributed by atoms with E-state index in [2.05, 4.69) is 42.9 Å². The molecule has 0 bridgehead atoms. The van der Waals surface area contributed by atoms with Crippen LogP contribution in [-0.4, -0.2) is 14.3 Å². The van der Waals surface area contributed by atoms with Gasteiger partial charge in [-0.2, -0.15) is 0 Å². The number of amides is 1. The predicted octanol–water partition coefficient (Wildman–Crippen LogP) is 6.24. The highest BCUT2D eigenvalue weighted by Gasteiger charge is 2.21. The van der Waals surface area contributed by atoms with Crippen molar-refractivity contribution in [2.24, 2.45) is 0 Å². The van der Waals surface area contributed by atoms with Crippen LogP contribution in [0.15, 0.2) is 71.6 Å². The fourth-order valence-corrected chi connectivity index (χ4v) is 4.98. The summed E-state index contributed by atoms with van der Waals surface area (Å²) in [7, 11) is -3.98. The number of anilines is 1. The van der Waals surface area contributed by atoms with E-state index in [0.29, 0.717) is 5.69 Å². The minimum Gasteiger partial charge on any atom is -0.346 e. The quantitative estimate of drug-likeness (QED) is 0.435. The molecule has 0 aliphatic heterocycles. The third-order valence-electron chi connectivity index (χ3n) is 5.38. The van der Waals surface area contributed by atoms with Gasteiger partial charge in [0.25, 0.3) is 15.9 Å². The zero-order valence-corrected chi connectivity index (χ0v) is 21.0. The van der Waals surface area contributed by atoms with E-state index in [1.807, 2.05) is 32.0 Å². The van der Waals surface area contributed by atoms with Gasteiger partial charge in [0.15, 0.2) is 0 Å². The van der Waals surface area contributed by atoms with Crippen LogP contribution in [0.5, 0.6) is 0 Å². The SMILES string of the molecule is Cc1cccc(NS(=O)(=O)c2cc(C(=O)N[C@H](C)c3ccc(C(C)(C)C)cc3)ccc2Cl)c1. The van der Waals surface area contributed by atoms with Crippen molar-refractivity contribution in [3.8, 4) is 0 Å². The first kappa shape index (κ1) is 24.8. The van der Waals surface area contributed by atoms with E-state index in [1.165, 1.54) is 23.8 Å². The molecule has 5 nitrogen and oxygen atoms in total. The van der Waals surface area contributed by atoms with Crippen molar-refractivity contribution in [1.29, 1.82) is 0 Å². The van der Waals surface area contributed by atoms with E-state index in [9.17, 15) is 13.2 Å². The summed E-state index contributed by atoms with van der Waals surface area (Å²) in [6.45, 7) is 10.2. The smallest absolute Gasteiger partial charge is 0.263 e. The van der Waals surface area contributed by atoms with Gasteiger partial charge in [0, 0.05) is 11.3 Å². The number of rotatable bonds is 6. The van der Waals surface area contributed by atoms with Gasteiger partial charge in [-0.3, -0.25) is 9.52 Å². The van der Waals surface area contributed by atoms with Crippen molar-refractivity contribution in [2.45, 2.75) is 51.0 Å². The van der Waals surface area contributed by atoms with E-state index in [4.69, 9.17) is 11.6 Å². The Morgan fingerprint density at radius 1 is 0.970 bits per heavy atom. The number of hydrogen-bond acceptors (Lipinski definition) is 3. The third-order valence-corrected chi connectivity index (χ3v) is 7.24. The van der Waals surface area contributed by atoms with Crippen molar-refractivity contribution in [3.05, 3.63) is 94.0 Å². The topological polar surface area (TPSA) is 75.3 Å². The number of aryl methyl sites for hydroxylation is 1. The lowest BCUT2D eigenvalue weighted by Gasteiger charge is -2.21. The second-order valence-corrected chi connectivity index (χ2v) is 11.2. The molecule has 0 heterocycles. The van der Waals surface area contributed by atoms with Crippen molar-refractivity contribution in [1.82, 2.24) is 5.32 Å². The Balaban J connectivity index is 1.80. The second kappa shape index (κ2) is 9.57. The van der Waals surface area contributed by atoms with E-state index >= 15 is 0 Å². The molecular weight excluding hydrogens is 456 g/mol. The molecule has 2 N–H and O–H groups in total. The Kier molecular flexibility index (Phi) is 7.20. The molecule has 3 aromatic carbocycles. The summed E-state index contributed by atoms with van der Waals surface area (Å²) < 4.78 is 28.4. The Morgan fingerprint density at radius 3 is 2.24 bits per heavy atom. The van der Waals surface area contributed by atoms with Gasteiger partial charge in [0.1, 0.15) is 4.90 Å². The lowest BCUT2D eigenvalue weighted by atomic mass is 9.86. The third kappa shape index (κ3) is 6.15. The molecule has 0 aliphatic carbocycles. The molecule has 0 fully saturated rings. The minimum absolute atomic E-state index is 0.0394. The molecule has 3 aromatic rings. The minimum atomic E-state index is -3.98.